The van der Waals surface area contributed by atoms with Gasteiger partial charge in [-0.2, -0.15) is 5.26 Å². The van der Waals surface area contributed by atoms with Crippen molar-refractivity contribution in [3.63, 3.8) is 0 Å². The van der Waals surface area contributed by atoms with E-state index in [1.54, 1.807) is 30.6 Å². The number of anilines is 1. The van der Waals surface area contributed by atoms with E-state index in [1.165, 1.54) is 0 Å². The number of rotatable bonds is 3. The van der Waals surface area contributed by atoms with Crippen LogP contribution < -0.4 is 10.2 Å². The van der Waals surface area contributed by atoms with Crippen LogP contribution in [0.4, 0.5) is 5.69 Å². The Kier molecular flexibility index (Phi) is 4.48. The first kappa shape index (κ1) is 15.0. The monoisotopic (exact) mass is 307 g/mol. The second-order valence-corrected chi connectivity index (χ2v) is 5.43. The van der Waals surface area contributed by atoms with Crippen LogP contribution in [0.25, 0.3) is 0 Å². The Morgan fingerprint density at radius 2 is 1.96 bits per heavy atom. The minimum atomic E-state index is -0.136. The summed E-state index contributed by atoms with van der Waals surface area (Å²) in [6.07, 6.45) is 4.90. The number of nitrogens with zero attached hydrogens (tertiary/aromatic N) is 4. The van der Waals surface area contributed by atoms with Crippen LogP contribution in [-0.4, -0.2) is 35.0 Å². The molecule has 2 aromatic heterocycles. The third-order valence-corrected chi connectivity index (χ3v) is 3.96. The second kappa shape index (κ2) is 6.88. The smallest absolute Gasteiger partial charge is 0.270 e. The predicted molar refractivity (Wildman–Crippen MR) is 85.9 cm³/mol. The average Bonchev–Trinajstić information content (AvgIpc) is 2.63. The topological polar surface area (TPSA) is 81.9 Å². The van der Waals surface area contributed by atoms with Gasteiger partial charge in [-0.3, -0.25) is 9.78 Å². The van der Waals surface area contributed by atoms with Gasteiger partial charge < -0.3 is 10.2 Å². The highest BCUT2D eigenvalue weighted by Crippen LogP contribution is 2.22. The lowest BCUT2D eigenvalue weighted by Crippen LogP contribution is -2.45. The number of nitrogens with one attached hydrogen (secondary N) is 1. The molecule has 1 N–H and O–H groups in total. The fourth-order valence-corrected chi connectivity index (χ4v) is 2.76. The third-order valence-electron chi connectivity index (χ3n) is 3.96. The first-order valence-corrected chi connectivity index (χ1v) is 7.60. The van der Waals surface area contributed by atoms with Gasteiger partial charge in [0.2, 0.25) is 0 Å². The molecule has 1 aliphatic heterocycles. The number of amides is 1. The molecule has 23 heavy (non-hydrogen) atoms. The normalized spacial score (nSPS) is 15.0. The molecule has 1 saturated heterocycles. The molecule has 0 bridgehead atoms. The minimum absolute atomic E-state index is 0.128. The Hall–Kier alpha value is -2.94. The van der Waals surface area contributed by atoms with Gasteiger partial charge >= 0.3 is 0 Å². The number of aromatic nitrogens is 2. The molecule has 0 aromatic carbocycles. The quantitative estimate of drug-likeness (QED) is 0.934. The van der Waals surface area contributed by atoms with Crippen molar-refractivity contribution in [1.82, 2.24) is 15.3 Å². The average molecular weight is 307 g/mol. The second-order valence-electron chi connectivity index (χ2n) is 5.43. The summed E-state index contributed by atoms with van der Waals surface area (Å²) in [4.78, 5) is 22.4. The van der Waals surface area contributed by atoms with Gasteiger partial charge in [-0.15, -0.1) is 0 Å². The SMILES string of the molecule is N#Cc1ncccc1N1CCC(NC(=O)c2ccccn2)CC1. The molecule has 0 radical (unpaired) electrons. The summed E-state index contributed by atoms with van der Waals surface area (Å²) in [5, 5.41) is 12.2. The first-order valence-electron chi connectivity index (χ1n) is 7.60. The summed E-state index contributed by atoms with van der Waals surface area (Å²) in [6, 6.07) is 11.3. The van der Waals surface area contributed by atoms with Crippen LogP contribution in [0.5, 0.6) is 0 Å². The van der Waals surface area contributed by atoms with Crippen molar-refractivity contribution >= 4 is 11.6 Å². The highest BCUT2D eigenvalue weighted by Gasteiger charge is 2.23. The van der Waals surface area contributed by atoms with E-state index in [-0.39, 0.29) is 11.9 Å². The molecule has 0 unspecified atom stereocenters. The minimum Gasteiger partial charge on any atom is -0.369 e. The molecule has 0 aliphatic carbocycles. The van der Waals surface area contributed by atoms with Crippen LogP contribution in [0.3, 0.4) is 0 Å². The molecule has 0 saturated carbocycles. The Morgan fingerprint density at radius 1 is 1.17 bits per heavy atom. The molecule has 6 heteroatoms. The summed E-state index contributed by atoms with van der Waals surface area (Å²) >= 11 is 0. The number of nitriles is 1. The molecule has 0 atom stereocenters. The number of carbonyl (C=O) groups is 1. The van der Waals surface area contributed by atoms with Gasteiger partial charge in [-0.1, -0.05) is 6.07 Å². The molecule has 1 amide bonds. The Bertz CT molecular complexity index is 717. The fourth-order valence-electron chi connectivity index (χ4n) is 2.76. The van der Waals surface area contributed by atoms with E-state index in [0.717, 1.165) is 31.6 Å². The van der Waals surface area contributed by atoms with Crippen LogP contribution >= 0.6 is 0 Å². The summed E-state index contributed by atoms with van der Waals surface area (Å²) in [5.74, 6) is -0.136. The largest absolute Gasteiger partial charge is 0.369 e. The zero-order chi connectivity index (χ0) is 16.1. The van der Waals surface area contributed by atoms with Gasteiger partial charge in [0.25, 0.3) is 5.91 Å². The molecule has 116 valence electrons. The Balaban J connectivity index is 1.59. The molecule has 6 nitrogen and oxygen atoms in total. The van der Waals surface area contributed by atoms with E-state index in [9.17, 15) is 4.79 Å². The lowest BCUT2D eigenvalue weighted by Gasteiger charge is -2.34. The third kappa shape index (κ3) is 3.46. The zero-order valence-corrected chi connectivity index (χ0v) is 12.6. The summed E-state index contributed by atoms with van der Waals surface area (Å²) in [7, 11) is 0. The Morgan fingerprint density at radius 3 is 2.65 bits per heavy atom. The molecule has 2 aromatic rings. The number of pyridine rings is 2. The highest BCUT2D eigenvalue weighted by molar-refractivity contribution is 5.92. The molecular formula is C17H17N5O. The fraction of sp³-hybridized carbons (Fsp3) is 0.294. The molecule has 3 rings (SSSR count). The number of carbonyl (C=O) groups excluding carboxylic acids is 1. The predicted octanol–water partition coefficient (Wildman–Crippen LogP) is 1.75. The van der Waals surface area contributed by atoms with Crippen LogP contribution in [0.2, 0.25) is 0 Å². The number of piperidine rings is 1. The van der Waals surface area contributed by atoms with Gasteiger partial charge in [0.05, 0.1) is 5.69 Å². The first-order chi connectivity index (χ1) is 11.3. The number of hydrogen-bond acceptors (Lipinski definition) is 5. The van der Waals surface area contributed by atoms with Crippen LogP contribution in [0.15, 0.2) is 42.7 Å². The van der Waals surface area contributed by atoms with Crippen molar-refractivity contribution in [1.29, 1.82) is 5.26 Å². The summed E-state index contributed by atoms with van der Waals surface area (Å²) in [5.41, 5.74) is 1.75. The van der Waals surface area contributed by atoms with E-state index in [1.807, 2.05) is 12.1 Å². The lowest BCUT2D eigenvalue weighted by atomic mass is 10.0. The van der Waals surface area contributed by atoms with Crippen molar-refractivity contribution in [3.8, 4) is 6.07 Å². The maximum atomic E-state index is 12.1. The van der Waals surface area contributed by atoms with E-state index >= 15 is 0 Å². The molecule has 1 aliphatic rings. The maximum Gasteiger partial charge on any atom is 0.270 e. The highest BCUT2D eigenvalue weighted by atomic mass is 16.1. The van der Waals surface area contributed by atoms with Crippen molar-refractivity contribution < 1.29 is 4.79 Å². The van der Waals surface area contributed by atoms with E-state index in [2.05, 4.69) is 26.3 Å². The molecule has 1 fully saturated rings. The zero-order valence-electron chi connectivity index (χ0n) is 12.6. The van der Waals surface area contributed by atoms with E-state index in [4.69, 9.17) is 5.26 Å². The van der Waals surface area contributed by atoms with Crippen LogP contribution in [0.1, 0.15) is 29.0 Å². The Labute approximate surface area is 134 Å². The van der Waals surface area contributed by atoms with Gasteiger partial charge in [-0.25, -0.2) is 4.98 Å². The van der Waals surface area contributed by atoms with Crippen molar-refractivity contribution in [3.05, 3.63) is 54.1 Å². The lowest BCUT2D eigenvalue weighted by molar-refractivity contribution is 0.0926. The number of hydrogen-bond donors (Lipinski definition) is 1. The molecular weight excluding hydrogens is 290 g/mol. The van der Waals surface area contributed by atoms with Crippen molar-refractivity contribution in [2.75, 3.05) is 18.0 Å². The van der Waals surface area contributed by atoms with Gasteiger partial charge in [0, 0.05) is 31.5 Å². The van der Waals surface area contributed by atoms with Crippen LogP contribution in [0, 0.1) is 11.3 Å². The van der Waals surface area contributed by atoms with Crippen molar-refractivity contribution in [2.45, 2.75) is 18.9 Å². The van der Waals surface area contributed by atoms with Gasteiger partial charge in [-0.05, 0) is 37.1 Å². The van der Waals surface area contributed by atoms with E-state index < -0.39 is 0 Å². The van der Waals surface area contributed by atoms with Gasteiger partial charge in [0.1, 0.15) is 11.8 Å². The molecule has 0 spiro atoms. The standard InChI is InChI=1S/C17H17N5O/c18-12-15-16(5-3-9-20-15)22-10-6-13(7-11-22)21-17(23)14-4-1-2-8-19-14/h1-5,8-9,13H,6-7,10-11H2,(H,21,23). The maximum absolute atomic E-state index is 12.1. The summed E-state index contributed by atoms with van der Waals surface area (Å²) in [6.45, 7) is 1.57. The van der Waals surface area contributed by atoms with Gasteiger partial charge in [0.15, 0.2) is 5.69 Å². The molecule has 3 heterocycles. The van der Waals surface area contributed by atoms with Crippen LogP contribution in [-0.2, 0) is 0 Å². The summed E-state index contributed by atoms with van der Waals surface area (Å²) < 4.78 is 0. The van der Waals surface area contributed by atoms with Crippen molar-refractivity contribution in [2.24, 2.45) is 0 Å². The van der Waals surface area contributed by atoms with E-state index in [0.29, 0.717) is 11.4 Å².